The third-order valence-electron chi connectivity index (χ3n) is 5.94. The zero-order chi connectivity index (χ0) is 16.9. The summed E-state index contributed by atoms with van der Waals surface area (Å²) in [6.07, 6.45) is 5.08. The number of imidazole rings is 1. The summed E-state index contributed by atoms with van der Waals surface area (Å²) in [6, 6.07) is 8.94. The Bertz CT molecular complexity index is 748. The molecular weight excluding hydrogens is 318 g/mol. The van der Waals surface area contributed by atoms with Gasteiger partial charge in [-0.2, -0.15) is 0 Å². The second-order valence-corrected chi connectivity index (χ2v) is 8.59. The minimum Gasteiger partial charge on any atom is -0.318 e. The first-order valence-corrected chi connectivity index (χ1v) is 9.34. The molecule has 4 heteroatoms. The van der Waals surface area contributed by atoms with Gasteiger partial charge in [0.05, 0.1) is 11.6 Å². The highest BCUT2D eigenvalue weighted by Gasteiger charge is 2.45. The summed E-state index contributed by atoms with van der Waals surface area (Å²) in [6.45, 7) is 10.1. The molecule has 3 heterocycles. The molecule has 0 atom stereocenters. The molecule has 2 aromatic rings. The fraction of sp³-hybridized carbons (Fsp3) is 0.550. The van der Waals surface area contributed by atoms with Crippen LogP contribution in [0.1, 0.15) is 50.6 Å². The van der Waals surface area contributed by atoms with Crippen LogP contribution >= 0.6 is 11.6 Å². The molecule has 1 saturated heterocycles. The van der Waals surface area contributed by atoms with E-state index in [1.54, 1.807) is 0 Å². The highest BCUT2D eigenvalue weighted by Crippen LogP contribution is 2.45. The SMILES string of the molecule is CC(C)(C)N1CCC2(CC1)c1ccccc1CCn1c(Cl)cnc12. The molecule has 1 fully saturated rings. The van der Waals surface area contributed by atoms with E-state index in [1.165, 1.54) is 17.0 Å². The van der Waals surface area contributed by atoms with Crippen LogP contribution in [-0.2, 0) is 18.4 Å². The van der Waals surface area contributed by atoms with Gasteiger partial charge in [-0.1, -0.05) is 35.9 Å². The van der Waals surface area contributed by atoms with Crippen molar-refractivity contribution in [1.29, 1.82) is 0 Å². The van der Waals surface area contributed by atoms with Gasteiger partial charge in [-0.3, -0.25) is 4.90 Å². The third kappa shape index (κ3) is 2.41. The Labute approximate surface area is 149 Å². The summed E-state index contributed by atoms with van der Waals surface area (Å²) in [4.78, 5) is 7.39. The van der Waals surface area contributed by atoms with Crippen LogP contribution in [0.3, 0.4) is 0 Å². The molecule has 0 saturated carbocycles. The molecule has 0 bridgehead atoms. The highest BCUT2D eigenvalue weighted by molar-refractivity contribution is 6.29. The van der Waals surface area contributed by atoms with E-state index in [0.29, 0.717) is 0 Å². The maximum atomic E-state index is 6.47. The van der Waals surface area contributed by atoms with E-state index in [-0.39, 0.29) is 11.0 Å². The fourth-order valence-corrected chi connectivity index (χ4v) is 4.77. The number of hydrogen-bond donors (Lipinski definition) is 0. The quantitative estimate of drug-likeness (QED) is 0.712. The molecule has 1 aromatic heterocycles. The van der Waals surface area contributed by atoms with E-state index in [2.05, 4.69) is 54.5 Å². The van der Waals surface area contributed by atoms with E-state index in [9.17, 15) is 0 Å². The molecule has 0 amide bonds. The van der Waals surface area contributed by atoms with Crippen molar-refractivity contribution in [3.05, 3.63) is 52.6 Å². The standard InChI is InChI=1S/C20H26ClN3/c1-19(2,3)23-12-9-20(10-13-23)16-7-5-4-6-15(16)8-11-24-17(21)14-22-18(20)24/h4-7,14H,8-13H2,1-3H3. The minimum atomic E-state index is 0.00197. The molecule has 4 rings (SSSR count). The van der Waals surface area contributed by atoms with Crippen molar-refractivity contribution in [2.24, 2.45) is 0 Å². The first-order chi connectivity index (χ1) is 11.4. The molecule has 0 aliphatic carbocycles. The zero-order valence-electron chi connectivity index (χ0n) is 14.8. The van der Waals surface area contributed by atoms with E-state index in [4.69, 9.17) is 16.6 Å². The molecule has 128 valence electrons. The van der Waals surface area contributed by atoms with Crippen LogP contribution in [0.4, 0.5) is 0 Å². The molecule has 0 unspecified atom stereocenters. The smallest absolute Gasteiger partial charge is 0.128 e. The van der Waals surface area contributed by atoms with Crippen molar-refractivity contribution in [2.45, 2.75) is 57.5 Å². The van der Waals surface area contributed by atoms with Crippen LogP contribution < -0.4 is 0 Å². The monoisotopic (exact) mass is 343 g/mol. The number of halogens is 1. The van der Waals surface area contributed by atoms with Gasteiger partial charge in [0.25, 0.3) is 0 Å². The number of rotatable bonds is 0. The van der Waals surface area contributed by atoms with Crippen LogP contribution in [0.15, 0.2) is 30.5 Å². The van der Waals surface area contributed by atoms with Crippen molar-refractivity contribution in [2.75, 3.05) is 13.1 Å². The van der Waals surface area contributed by atoms with Gasteiger partial charge in [0.2, 0.25) is 0 Å². The Morgan fingerprint density at radius 1 is 1.08 bits per heavy atom. The maximum Gasteiger partial charge on any atom is 0.128 e. The Balaban J connectivity index is 1.82. The Hall–Kier alpha value is -1.32. The van der Waals surface area contributed by atoms with Crippen LogP contribution in [-0.4, -0.2) is 33.1 Å². The number of likely N-dealkylation sites (tertiary alicyclic amines) is 1. The van der Waals surface area contributed by atoms with E-state index in [1.807, 2.05) is 6.20 Å². The topological polar surface area (TPSA) is 21.1 Å². The Kier molecular flexibility index (Phi) is 3.77. The lowest BCUT2D eigenvalue weighted by Gasteiger charge is -2.46. The summed E-state index contributed by atoms with van der Waals surface area (Å²) in [7, 11) is 0. The molecular formula is C20H26ClN3. The van der Waals surface area contributed by atoms with Crippen LogP contribution in [0.5, 0.6) is 0 Å². The second kappa shape index (κ2) is 5.60. The minimum absolute atomic E-state index is 0.00197. The first-order valence-electron chi connectivity index (χ1n) is 8.97. The van der Waals surface area contributed by atoms with Gasteiger partial charge in [0, 0.05) is 12.1 Å². The van der Waals surface area contributed by atoms with Crippen LogP contribution in [0.25, 0.3) is 0 Å². The molecule has 0 radical (unpaired) electrons. The summed E-state index contributed by atoms with van der Waals surface area (Å²) in [5.74, 6) is 1.17. The predicted molar refractivity (Wildman–Crippen MR) is 98.7 cm³/mol. The van der Waals surface area contributed by atoms with Crippen LogP contribution in [0, 0.1) is 0 Å². The molecule has 2 aliphatic heterocycles. The molecule has 24 heavy (non-hydrogen) atoms. The highest BCUT2D eigenvalue weighted by atomic mass is 35.5. The van der Waals surface area contributed by atoms with Gasteiger partial charge >= 0.3 is 0 Å². The maximum absolute atomic E-state index is 6.47. The number of aryl methyl sites for hydroxylation is 1. The molecule has 2 aliphatic rings. The van der Waals surface area contributed by atoms with E-state index in [0.717, 1.165) is 44.0 Å². The number of benzene rings is 1. The molecule has 0 N–H and O–H groups in total. The van der Waals surface area contributed by atoms with Gasteiger partial charge in [-0.25, -0.2) is 4.98 Å². The zero-order valence-corrected chi connectivity index (χ0v) is 15.6. The van der Waals surface area contributed by atoms with Crippen molar-refractivity contribution in [1.82, 2.24) is 14.5 Å². The average molecular weight is 344 g/mol. The molecule has 1 aromatic carbocycles. The molecule has 1 spiro atoms. The van der Waals surface area contributed by atoms with E-state index >= 15 is 0 Å². The number of nitrogens with zero attached hydrogens (tertiary/aromatic N) is 3. The van der Waals surface area contributed by atoms with Crippen molar-refractivity contribution >= 4 is 11.6 Å². The predicted octanol–water partition coefficient (Wildman–Crippen LogP) is 4.27. The largest absolute Gasteiger partial charge is 0.318 e. The van der Waals surface area contributed by atoms with Crippen LogP contribution in [0.2, 0.25) is 5.15 Å². The van der Waals surface area contributed by atoms with Crippen molar-refractivity contribution < 1.29 is 0 Å². The lowest BCUT2D eigenvalue weighted by molar-refractivity contribution is 0.0821. The average Bonchev–Trinajstić information content (AvgIpc) is 2.87. The summed E-state index contributed by atoms with van der Waals surface area (Å²) < 4.78 is 2.24. The third-order valence-corrected chi connectivity index (χ3v) is 6.24. The molecule has 3 nitrogen and oxygen atoms in total. The number of hydrogen-bond acceptors (Lipinski definition) is 2. The van der Waals surface area contributed by atoms with Crippen molar-refractivity contribution in [3.63, 3.8) is 0 Å². The van der Waals surface area contributed by atoms with Gasteiger partial charge in [-0.05, 0) is 64.3 Å². The summed E-state index contributed by atoms with van der Waals surface area (Å²) >= 11 is 6.47. The summed E-state index contributed by atoms with van der Waals surface area (Å²) in [5, 5.41) is 0.774. The Morgan fingerprint density at radius 3 is 2.50 bits per heavy atom. The van der Waals surface area contributed by atoms with Gasteiger partial charge in [0.1, 0.15) is 11.0 Å². The number of piperidine rings is 1. The summed E-state index contributed by atoms with van der Waals surface area (Å²) in [5.41, 5.74) is 3.16. The van der Waals surface area contributed by atoms with Gasteiger partial charge in [0.15, 0.2) is 0 Å². The normalized spacial score (nSPS) is 20.5. The Morgan fingerprint density at radius 2 is 1.79 bits per heavy atom. The first kappa shape index (κ1) is 16.2. The lowest BCUT2D eigenvalue weighted by Crippen LogP contribution is -2.51. The lowest BCUT2D eigenvalue weighted by atomic mass is 9.70. The second-order valence-electron chi connectivity index (χ2n) is 8.20. The number of aromatic nitrogens is 2. The van der Waals surface area contributed by atoms with Crippen molar-refractivity contribution in [3.8, 4) is 0 Å². The van der Waals surface area contributed by atoms with E-state index < -0.39 is 0 Å². The van der Waals surface area contributed by atoms with Gasteiger partial charge in [-0.15, -0.1) is 0 Å². The van der Waals surface area contributed by atoms with Gasteiger partial charge < -0.3 is 4.57 Å². The fourth-order valence-electron chi connectivity index (χ4n) is 4.56. The number of fused-ring (bicyclic) bond motifs is 4.